The zero-order valence-corrected chi connectivity index (χ0v) is 10.2. The fraction of sp³-hybridized carbons (Fsp3) is 0.455. The molecule has 0 bridgehead atoms. The Labute approximate surface area is 110 Å². The number of aromatic nitrogens is 3. The van der Waals surface area contributed by atoms with Crippen molar-refractivity contribution in [2.75, 3.05) is 6.54 Å². The molecule has 0 spiro atoms. The summed E-state index contributed by atoms with van der Waals surface area (Å²) < 4.78 is 0. The molecule has 0 radical (unpaired) electrons. The fourth-order valence-electron chi connectivity index (χ4n) is 1.34. The molecular weight excluding hydrogens is 250 g/mol. The van der Waals surface area contributed by atoms with E-state index >= 15 is 0 Å². The Hall–Kier alpha value is -2.56. The molecule has 0 fully saturated rings. The Kier molecular flexibility index (Phi) is 5.88. The van der Waals surface area contributed by atoms with Crippen molar-refractivity contribution in [2.45, 2.75) is 25.3 Å². The Balaban J connectivity index is 2.20. The Morgan fingerprint density at radius 1 is 1.58 bits per heavy atom. The van der Waals surface area contributed by atoms with E-state index in [2.05, 4.69) is 31.7 Å². The van der Waals surface area contributed by atoms with Gasteiger partial charge in [-0.3, -0.25) is 5.10 Å². The van der Waals surface area contributed by atoms with E-state index in [1.807, 2.05) is 0 Å². The van der Waals surface area contributed by atoms with Crippen molar-refractivity contribution in [1.29, 1.82) is 0 Å². The van der Waals surface area contributed by atoms with Crippen molar-refractivity contribution >= 4 is 12.0 Å². The molecule has 0 saturated heterocycles. The van der Waals surface area contributed by atoms with E-state index in [1.165, 1.54) is 6.33 Å². The second kappa shape index (κ2) is 7.71. The fourth-order valence-corrected chi connectivity index (χ4v) is 1.34. The molecule has 1 atom stereocenters. The van der Waals surface area contributed by atoms with Gasteiger partial charge in [0.1, 0.15) is 18.2 Å². The average molecular weight is 265 g/mol. The highest BCUT2D eigenvalue weighted by Gasteiger charge is 2.18. The summed E-state index contributed by atoms with van der Waals surface area (Å²) >= 11 is 0. The first-order valence-electron chi connectivity index (χ1n) is 5.68. The first kappa shape index (κ1) is 14.5. The maximum Gasteiger partial charge on any atom is 0.327 e. The van der Waals surface area contributed by atoms with Gasteiger partial charge in [0, 0.05) is 19.4 Å². The van der Waals surface area contributed by atoms with E-state index in [-0.39, 0.29) is 6.42 Å². The van der Waals surface area contributed by atoms with E-state index < -0.39 is 18.0 Å². The molecule has 1 aromatic rings. The van der Waals surface area contributed by atoms with E-state index in [1.54, 1.807) is 0 Å². The van der Waals surface area contributed by atoms with Gasteiger partial charge in [0.15, 0.2) is 0 Å². The number of H-pyrrole nitrogens is 1. The van der Waals surface area contributed by atoms with E-state index in [0.29, 0.717) is 19.4 Å². The van der Waals surface area contributed by atoms with Crippen LogP contribution in [-0.2, 0) is 11.2 Å². The van der Waals surface area contributed by atoms with Crippen LogP contribution in [0.4, 0.5) is 4.79 Å². The molecule has 2 amide bonds. The zero-order chi connectivity index (χ0) is 14.1. The van der Waals surface area contributed by atoms with E-state index in [0.717, 1.165) is 5.82 Å². The summed E-state index contributed by atoms with van der Waals surface area (Å²) in [5.41, 5.74) is 0. The van der Waals surface area contributed by atoms with Gasteiger partial charge in [0.2, 0.25) is 0 Å². The number of hydrogen-bond acceptors (Lipinski definition) is 4. The maximum atomic E-state index is 11.4. The number of amides is 2. The minimum atomic E-state index is -1.16. The second-order valence-electron chi connectivity index (χ2n) is 3.74. The molecule has 8 nitrogen and oxygen atoms in total. The molecule has 1 heterocycles. The molecule has 0 aliphatic carbocycles. The van der Waals surface area contributed by atoms with Crippen LogP contribution in [0.15, 0.2) is 6.33 Å². The normalized spacial score (nSPS) is 11.3. The summed E-state index contributed by atoms with van der Waals surface area (Å²) in [6.45, 7) is 0.398. The number of rotatable bonds is 7. The number of carboxylic acids is 1. The van der Waals surface area contributed by atoms with E-state index in [9.17, 15) is 9.59 Å². The highest BCUT2D eigenvalue weighted by molar-refractivity contribution is 5.82. The molecular formula is C11H15N5O3. The molecule has 0 aliphatic rings. The summed E-state index contributed by atoms with van der Waals surface area (Å²) in [4.78, 5) is 26.1. The van der Waals surface area contributed by atoms with Crippen LogP contribution in [0, 0.1) is 12.3 Å². The van der Waals surface area contributed by atoms with Crippen LogP contribution in [-0.4, -0.2) is 44.9 Å². The highest BCUT2D eigenvalue weighted by atomic mass is 16.4. The quantitative estimate of drug-likeness (QED) is 0.392. The lowest BCUT2D eigenvalue weighted by atomic mass is 10.2. The number of aromatic amines is 1. The topological polar surface area (TPSA) is 120 Å². The molecule has 1 aromatic heterocycles. The number of terminal acetylenes is 1. The van der Waals surface area contributed by atoms with Gasteiger partial charge in [-0.2, -0.15) is 5.10 Å². The van der Waals surface area contributed by atoms with Gasteiger partial charge in [-0.25, -0.2) is 14.6 Å². The zero-order valence-electron chi connectivity index (χ0n) is 10.2. The lowest BCUT2D eigenvalue weighted by molar-refractivity contribution is -0.139. The Morgan fingerprint density at radius 2 is 2.37 bits per heavy atom. The lowest BCUT2D eigenvalue weighted by Crippen LogP contribution is -2.46. The monoisotopic (exact) mass is 265 g/mol. The van der Waals surface area contributed by atoms with Gasteiger partial charge in [0.25, 0.3) is 0 Å². The first-order valence-corrected chi connectivity index (χ1v) is 5.68. The van der Waals surface area contributed by atoms with E-state index in [4.69, 9.17) is 11.5 Å². The summed E-state index contributed by atoms with van der Waals surface area (Å²) in [5.74, 6) is 1.77. The summed E-state index contributed by atoms with van der Waals surface area (Å²) in [7, 11) is 0. The number of aliphatic carboxylic acids is 1. The third-order valence-electron chi connectivity index (χ3n) is 2.27. The number of carbonyl (C=O) groups excluding carboxylic acids is 1. The second-order valence-corrected chi connectivity index (χ2v) is 3.74. The lowest BCUT2D eigenvalue weighted by Gasteiger charge is -2.12. The van der Waals surface area contributed by atoms with Crippen molar-refractivity contribution in [3.8, 4) is 12.3 Å². The predicted molar refractivity (Wildman–Crippen MR) is 66.1 cm³/mol. The Bertz CT molecular complexity index is 451. The first-order chi connectivity index (χ1) is 9.13. The number of nitrogens with zero attached hydrogens (tertiary/aromatic N) is 2. The largest absolute Gasteiger partial charge is 0.480 e. The molecule has 1 unspecified atom stereocenters. The van der Waals surface area contributed by atoms with Gasteiger partial charge in [-0.05, 0) is 6.42 Å². The van der Waals surface area contributed by atoms with Gasteiger partial charge >= 0.3 is 12.0 Å². The van der Waals surface area contributed by atoms with Crippen LogP contribution in [0.1, 0.15) is 18.7 Å². The Morgan fingerprint density at radius 3 is 2.95 bits per heavy atom. The predicted octanol–water partition coefficient (Wildman–Crippen LogP) is -0.487. The van der Waals surface area contributed by atoms with Crippen molar-refractivity contribution in [1.82, 2.24) is 25.8 Å². The number of urea groups is 1. The van der Waals surface area contributed by atoms with Crippen molar-refractivity contribution in [2.24, 2.45) is 0 Å². The van der Waals surface area contributed by atoms with Gasteiger partial charge in [-0.15, -0.1) is 12.3 Å². The SMILES string of the molecule is C#CCC(NC(=O)NCCCc1ncn[nH]1)C(=O)O. The van der Waals surface area contributed by atoms with Crippen LogP contribution in [0.3, 0.4) is 0 Å². The molecule has 19 heavy (non-hydrogen) atoms. The molecule has 4 N–H and O–H groups in total. The molecule has 1 rings (SSSR count). The van der Waals surface area contributed by atoms with Crippen LogP contribution in [0.2, 0.25) is 0 Å². The molecule has 0 saturated carbocycles. The minimum absolute atomic E-state index is 0.0547. The molecule has 0 aliphatic heterocycles. The number of aryl methyl sites for hydroxylation is 1. The van der Waals surface area contributed by atoms with Crippen LogP contribution in [0.5, 0.6) is 0 Å². The number of carbonyl (C=O) groups is 2. The number of carboxylic acid groups (broad SMARTS) is 1. The summed E-state index contributed by atoms with van der Waals surface area (Å²) in [6.07, 6.45) is 7.68. The van der Waals surface area contributed by atoms with Crippen LogP contribution >= 0.6 is 0 Å². The standard InChI is InChI=1S/C11H15N5O3/c1-2-4-8(10(17)18)15-11(19)12-6-3-5-9-13-7-14-16-9/h1,7-8H,3-6H2,(H,17,18)(H2,12,15,19)(H,13,14,16). The number of nitrogens with one attached hydrogen (secondary N) is 3. The third-order valence-corrected chi connectivity index (χ3v) is 2.27. The van der Waals surface area contributed by atoms with Crippen LogP contribution in [0.25, 0.3) is 0 Å². The summed E-state index contributed by atoms with van der Waals surface area (Å²) in [5, 5.41) is 20.0. The molecule has 0 aromatic carbocycles. The average Bonchev–Trinajstić information content (AvgIpc) is 2.87. The third kappa shape index (κ3) is 5.54. The van der Waals surface area contributed by atoms with Crippen molar-refractivity contribution < 1.29 is 14.7 Å². The van der Waals surface area contributed by atoms with Gasteiger partial charge < -0.3 is 15.7 Å². The number of hydrogen-bond donors (Lipinski definition) is 4. The summed E-state index contributed by atoms with van der Waals surface area (Å²) in [6, 6.07) is -1.63. The van der Waals surface area contributed by atoms with Gasteiger partial charge in [-0.1, -0.05) is 0 Å². The van der Waals surface area contributed by atoms with Crippen molar-refractivity contribution in [3.63, 3.8) is 0 Å². The van der Waals surface area contributed by atoms with Crippen LogP contribution < -0.4 is 10.6 Å². The smallest absolute Gasteiger partial charge is 0.327 e. The van der Waals surface area contributed by atoms with Gasteiger partial charge in [0.05, 0.1) is 0 Å². The molecule has 102 valence electrons. The molecule has 8 heteroatoms. The minimum Gasteiger partial charge on any atom is -0.480 e. The highest BCUT2D eigenvalue weighted by Crippen LogP contribution is 1.93. The van der Waals surface area contributed by atoms with Crippen molar-refractivity contribution in [3.05, 3.63) is 12.2 Å². The maximum absolute atomic E-state index is 11.4.